The lowest BCUT2D eigenvalue weighted by atomic mass is 10.0. The predicted octanol–water partition coefficient (Wildman–Crippen LogP) is -10.9. The van der Waals surface area contributed by atoms with E-state index >= 15 is 4.79 Å². The monoisotopic (exact) mass is 2080 g/mol. The Morgan fingerprint density at radius 3 is 1.69 bits per heavy atom. The second kappa shape index (κ2) is 70.2. The van der Waals surface area contributed by atoms with E-state index in [-0.39, 0.29) is 213 Å². The fourth-order valence-corrected chi connectivity index (χ4v) is 14.7. The number of nitrogens with one attached hydrogen (secondary N) is 20. The van der Waals surface area contributed by atoms with Crippen molar-refractivity contribution in [2.75, 3.05) is 178 Å². The number of aliphatic hydroxyl groups is 3. The van der Waals surface area contributed by atoms with E-state index in [1.54, 1.807) is 61.7 Å². The number of primary amides is 2. The summed E-state index contributed by atoms with van der Waals surface area (Å²) in [6.07, 6.45) is 0.802. The number of carbonyl (C=O) groups excluding carboxylic acids is 18. The van der Waals surface area contributed by atoms with Gasteiger partial charge in [-0.05, 0) is 68.6 Å². The normalized spacial score (nSPS) is 18.2. The predicted molar refractivity (Wildman–Crippen MR) is 522 cm³/mol. The molecule has 2 aromatic carbocycles. The van der Waals surface area contributed by atoms with E-state index in [0.29, 0.717) is 48.2 Å². The zero-order valence-electron chi connectivity index (χ0n) is 82.4. The summed E-state index contributed by atoms with van der Waals surface area (Å²) in [7, 11) is 0. The van der Waals surface area contributed by atoms with Crippen LogP contribution < -0.4 is 113 Å². The first kappa shape index (κ1) is 122. The van der Waals surface area contributed by atoms with Crippen molar-refractivity contribution in [2.45, 2.75) is 182 Å². The van der Waals surface area contributed by atoms with E-state index < -0.39 is 232 Å². The molecule has 0 unspecified atom stereocenters. The first-order chi connectivity index (χ1) is 70.7. The molecule has 2 saturated heterocycles. The van der Waals surface area contributed by atoms with E-state index in [4.69, 9.17) is 71.3 Å². The molecule has 0 radical (unpaired) electrons. The maximum Gasteiger partial charge on any atom is 0.246 e. The third-order valence-electron chi connectivity index (χ3n) is 22.5. The Kier molecular flexibility index (Phi) is 58.3. The Morgan fingerprint density at radius 2 is 1.10 bits per heavy atom. The highest BCUT2D eigenvalue weighted by Crippen LogP contribution is 2.24. The number of imidazole rings is 1. The Hall–Kier alpha value is -13.6. The first-order valence-corrected chi connectivity index (χ1v) is 48.6. The summed E-state index contributed by atoms with van der Waals surface area (Å²) in [5.41, 5.74) is 25.3. The average molecular weight is 2080 g/mol. The van der Waals surface area contributed by atoms with Gasteiger partial charge in [-0.2, -0.15) is 0 Å². The van der Waals surface area contributed by atoms with Crippen LogP contribution in [0.4, 0.5) is 0 Å². The molecule has 147 heavy (non-hydrogen) atoms. The van der Waals surface area contributed by atoms with Crippen molar-refractivity contribution < 1.29 is 140 Å². The van der Waals surface area contributed by atoms with Gasteiger partial charge >= 0.3 is 0 Å². The lowest BCUT2D eigenvalue weighted by Crippen LogP contribution is -2.61. The zero-order chi connectivity index (χ0) is 107. The van der Waals surface area contributed by atoms with Crippen LogP contribution in [0, 0.1) is 5.41 Å². The third kappa shape index (κ3) is 49.4. The topological polar surface area (TPSA) is 822 Å². The number of unbranched alkanes of at least 4 members (excludes halogenated alkanes) is 1. The molecule has 0 bridgehead atoms. The number of nitrogens with zero attached hydrogens (tertiary/aromatic N) is 2. The molecule has 12 atom stereocenters. The smallest absolute Gasteiger partial charge is 0.246 e. The molecule has 6 rings (SSSR count). The second-order valence-corrected chi connectivity index (χ2v) is 34.1. The third-order valence-corrected chi connectivity index (χ3v) is 22.5. The Bertz CT molecular complexity index is 4810. The molecule has 4 heterocycles. The van der Waals surface area contributed by atoms with Crippen molar-refractivity contribution in [2.24, 2.45) is 22.9 Å². The van der Waals surface area contributed by atoms with Gasteiger partial charge in [-0.25, -0.2) is 4.98 Å². The number of ether oxygens (including phenoxy) is 8. The van der Waals surface area contributed by atoms with Gasteiger partial charge in [-0.3, -0.25) is 97.0 Å². The van der Waals surface area contributed by atoms with E-state index in [1.807, 2.05) is 6.07 Å². The molecule has 2 aliphatic rings. The number of hydrogen-bond donors (Lipinski definition) is 27. The molecule has 2 fully saturated rings. The average Bonchev–Trinajstić information content (AvgIpc) is 1.68. The number of aromatic nitrogens is 3. The van der Waals surface area contributed by atoms with Gasteiger partial charge in [0.1, 0.15) is 92.9 Å². The van der Waals surface area contributed by atoms with Gasteiger partial charge in [0, 0.05) is 114 Å². The Balaban J connectivity index is 0.982. The Labute approximate surface area is 848 Å². The van der Waals surface area contributed by atoms with Crippen molar-refractivity contribution in [1.82, 2.24) is 110 Å². The summed E-state index contributed by atoms with van der Waals surface area (Å²) in [5.74, 6) is -15.6. The molecule has 18 amide bonds. The molecular weight excluding hydrogens is 1930 g/mol. The highest BCUT2D eigenvalue weighted by molar-refractivity contribution is 6.00. The van der Waals surface area contributed by atoms with Gasteiger partial charge in [0.05, 0.1) is 117 Å². The molecule has 31 N–H and O–H groups in total. The van der Waals surface area contributed by atoms with Crippen LogP contribution in [0.3, 0.4) is 0 Å². The van der Waals surface area contributed by atoms with Gasteiger partial charge in [0.2, 0.25) is 106 Å². The summed E-state index contributed by atoms with van der Waals surface area (Å²) in [6.45, 7) is 0.448. The number of para-hydroxylation sites is 1. The Morgan fingerprint density at radius 1 is 0.544 bits per heavy atom. The van der Waals surface area contributed by atoms with Crippen LogP contribution in [0.1, 0.15) is 107 Å². The van der Waals surface area contributed by atoms with Gasteiger partial charge in [0.15, 0.2) is 5.96 Å². The number of amides is 18. The SMILES string of the molecule is CCCC[C@H](NC(=O)[C@@H](N)CNC(=O)[C@H](Cc1c[nH]cn1)NC(=O)[C@H](CCC(N)=O)NC(=O)[C@H](CO)NC(=O)CNC(=O)COCCOCCNC(=O)COCCOCCNC(=O)COCCOCCNC(=O)COCCOCCNCO)C(=O)N[C@H]1CCC(=O)NCCCC[C@@H](C(N)=O)NC(=O)[C@H](Cc2c[nH]c3ccccc23)NC(=O)[C@H](CCCNC(=N)N)NC(=O)[C@@H](Cc2ccccc2)NC(=O)[C@@H]2C[C@@H](O)CN2C1=O. The summed E-state index contributed by atoms with van der Waals surface area (Å²) in [5, 5.41) is 82.5. The first-order valence-electron chi connectivity index (χ1n) is 48.6. The molecule has 2 aromatic heterocycles. The molecule has 0 aliphatic carbocycles. The fraction of sp³-hybridized carbons (Fsp3) is 0.609. The van der Waals surface area contributed by atoms with Crippen LogP contribution in [0.15, 0.2) is 73.3 Å². The minimum Gasteiger partial charge on any atom is -0.394 e. The standard InChI is InChI=1S/C92H144N26O29/c1-2-3-15-65(84(132)114-68-20-22-75(123)100-23-10-9-17-64(81(95)129)110-88(136)70(42-58-45-105-63-16-8-7-14-61(58)63)115-85(133)66(18-11-24-104-92(96)97)112-87(135)69(41-57-12-5-4-6-13-57)117-90(138)73-44-60(121)49-118(73)91(68)139)111-82(130)62(93)47-107-83(131)71(43-59-46-99-55-108-59)116-86(134)67(19-21-74(94)122)113-89(137)72(50-119)109-76(124)48-106-80(128)54-147-40-36-143-32-28-103-79(127)53-146-39-35-142-31-27-102-78(126)52-145-38-34-141-30-26-101-77(125)51-144-37-33-140-29-25-98-56-120/h4-8,12-14,16,45-46,55,60,62,64-73,98,105,119-121H,2-3,9-11,15,17-44,47-54,56,93H2,1H3,(H2,94,122)(H2,95,129)(H,99,108)(H,100,123)(H,101,125)(H,102,126)(H,103,127)(H,106,128)(H,107,131)(H,109,124)(H,110,136)(H,111,130)(H,112,135)(H,113,137)(H,114,132)(H,115,133)(H,116,134)(H,117,138)(H4,96,97,104)/t60-,62+,64+,65+,66+,67+,68+,69-,70+,71+,72+,73+/m1/s1. The molecule has 2 aliphatic heterocycles. The summed E-state index contributed by atoms with van der Waals surface area (Å²) < 4.78 is 42.5. The number of rotatable bonds is 65. The van der Waals surface area contributed by atoms with Gasteiger partial charge in [0.25, 0.3) is 0 Å². The van der Waals surface area contributed by atoms with Crippen molar-refractivity contribution in [3.63, 3.8) is 0 Å². The van der Waals surface area contributed by atoms with Gasteiger partial charge in [-0.1, -0.05) is 68.3 Å². The summed E-state index contributed by atoms with van der Waals surface area (Å²) >= 11 is 0. The molecule has 55 nitrogen and oxygen atoms in total. The van der Waals surface area contributed by atoms with Crippen molar-refractivity contribution in [3.8, 4) is 0 Å². The highest BCUT2D eigenvalue weighted by Gasteiger charge is 2.44. The number of H-pyrrole nitrogens is 2. The number of benzene rings is 2. The fourth-order valence-electron chi connectivity index (χ4n) is 14.7. The highest BCUT2D eigenvalue weighted by atomic mass is 16.5. The van der Waals surface area contributed by atoms with E-state index in [9.17, 15) is 91.7 Å². The maximum absolute atomic E-state index is 15.3. The quantitative estimate of drug-likeness (QED) is 0.00845. The van der Waals surface area contributed by atoms with Crippen LogP contribution in [-0.4, -0.2) is 398 Å². The number of guanidine groups is 1. The number of hydrogen-bond acceptors (Lipinski definition) is 33. The van der Waals surface area contributed by atoms with Crippen molar-refractivity contribution in [3.05, 3.63) is 90.1 Å². The lowest BCUT2D eigenvalue weighted by molar-refractivity contribution is -0.143. The lowest BCUT2D eigenvalue weighted by Gasteiger charge is -2.31. The van der Waals surface area contributed by atoms with Crippen LogP contribution in [0.25, 0.3) is 10.9 Å². The molecule has 55 heteroatoms. The van der Waals surface area contributed by atoms with Crippen LogP contribution in [0.5, 0.6) is 0 Å². The number of nitrogens with two attached hydrogens (primary N) is 4. The molecular formula is C92H144N26O29. The van der Waals surface area contributed by atoms with E-state index in [0.717, 1.165) is 4.90 Å². The number of aliphatic hydroxyl groups excluding tert-OH is 3. The van der Waals surface area contributed by atoms with Crippen LogP contribution >= 0.6 is 0 Å². The minimum atomic E-state index is -1.78. The molecule has 816 valence electrons. The van der Waals surface area contributed by atoms with Gasteiger partial charge < -0.3 is 176 Å². The maximum atomic E-state index is 15.3. The van der Waals surface area contributed by atoms with E-state index in [1.165, 1.54) is 12.5 Å². The summed E-state index contributed by atoms with van der Waals surface area (Å²) in [4.78, 5) is 258. The molecule has 4 aromatic rings. The minimum absolute atomic E-state index is 0.00623. The molecule has 0 saturated carbocycles. The van der Waals surface area contributed by atoms with Gasteiger partial charge in [-0.15, -0.1) is 0 Å². The summed E-state index contributed by atoms with van der Waals surface area (Å²) in [6, 6.07) is -1.64. The zero-order valence-corrected chi connectivity index (χ0v) is 82.4. The van der Waals surface area contributed by atoms with Crippen molar-refractivity contribution >= 4 is 123 Å². The largest absolute Gasteiger partial charge is 0.394 e. The number of aromatic amines is 2. The van der Waals surface area contributed by atoms with Crippen LogP contribution in [-0.2, 0) is 143 Å². The second-order valence-electron chi connectivity index (χ2n) is 34.1. The number of fused-ring (bicyclic) bond motifs is 2. The van der Waals surface area contributed by atoms with Crippen LogP contribution in [0.2, 0.25) is 0 Å². The van der Waals surface area contributed by atoms with Crippen molar-refractivity contribution in [1.29, 1.82) is 5.41 Å². The number of carbonyl (C=O) groups is 18. The molecule has 0 spiro atoms. The van der Waals surface area contributed by atoms with E-state index in [2.05, 4.69) is 105 Å².